The third-order valence-electron chi connectivity index (χ3n) is 3.47. The Hall–Kier alpha value is -1.86. The smallest absolute Gasteiger partial charge is 0.236 e. The lowest BCUT2D eigenvalue weighted by Gasteiger charge is -2.04. The summed E-state index contributed by atoms with van der Waals surface area (Å²) >= 11 is 1.71. The van der Waals surface area contributed by atoms with E-state index in [1.165, 1.54) is 5.56 Å². The molecule has 0 N–H and O–H groups in total. The summed E-state index contributed by atoms with van der Waals surface area (Å²) in [6.07, 6.45) is 3.94. The lowest BCUT2D eigenvalue weighted by molar-refractivity contribution is 0.0683. The first kappa shape index (κ1) is 16.0. The number of pyridine rings is 1. The van der Waals surface area contributed by atoms with Crippen LogP contribution < -0.4 is 0 Å². The summed E-state index contributed by atoms with van der Waals surface area (Å²) in [5.74, 6) is 2.70. The molecular weight excluding hydrogens is 312 g/mol. The van der Waals surface area contributed by atoms with E-state index in [1.54, 1.807) is 11.8 Å². The monoisotopic (exact) mass is 332 g/mol. The molecule has 122 valence electrons. The maximum absolute atomic E-state index is 5.46. The number of aryl methyl sites for hydroxylation is 1. The number of hydrogen-bond acceptors (Lipinski definition) is 6. The normalized spacial score (nSPS) is 12.8. The second-order valence-corrected chi connectivity index (χ2v) is 6.28. The van der Waals surface area contributed by atoms with Gasteiger partial charge in [-0.25, -0.2) is 4.98 Å². The highest BCUT2D eigenvalue weighted by Crippen LogP contribution is 2.20. The number of thioether (sulfide) groups is 1. The molecule has 0 saturated heterocycles. The molecule has 0 saturated carbocycles. The van der Waals surface area contributed by atoms with Crippen LogP contribution in [0.2, 0.25) is 0 Å². The minimum Gasteiger partial charge on any atom is -0.371 e. The number of rotatable bonds is 7. The quantitative estimate of drug-likeness (QED) is 0.659. The van der Waals surface area contributed by atoms with E-state index >= 15 is 0 Å². The summed E-state index contributed by atoms with van der Waals surface area (Å²) in [6, 6.07) is 4.10. The number of imidazole rings is 1. The van der Waals surface area contributed by atoms with Crippen LogP contribution in [0.4, 0.5) is 0 Å². The van der Waals surface area contributed by atoms with Crippen LogP contribution in [0.1, 0.15) is 42.9 Å². The summed E-state index contributed by atoms with van der Waals surface area (Å²) in [7, 11) is 0. The molecule has 3 heterocycles. The Morgan fingerprint density at radius 1 is 1.35 bits per heavy atom. The molecule has 0 aliphatic heterocycles. The zero-order valence-electron chi connectivity index (χ0n) is 13.5. The molecule has 0 radical (unpaired) electrons. The van der Waals surface area contributed by atoms with Crippen molar-refractivity contribution in [3.63, 3.8) is 0 Å². The van der Waals surface area contributed by atoms with E-state index in [0.29, 0.717) is 24.1 Å². The van der Waals surface area contributed by atoms with Crippen molar-refractivity contribution in [3.05, 3.63) is 47.5 Å². The Labute approximate surface area is 139 Å². The molecule has 0 unspecified atom stereocenters. The molecular formula is C16H20N4O2S. The van der Waals surface area contributed by atoms with Crippen LogP contribution in [0.15, 0.2) is 29.0 Å². The van der Waals surface area contributed by atoms with E-state index in [0.717, 1.165) is 17.1 Å². The zero-order valence-corrected chi connectivity index (χ0v) is 14.3. The fraction of sp³-hybridized carbons (Fsp3) is 0.438. The van der Waals surface area contributed by atoms with Gasteiger partial charge in [0.25, 0.3) is 0 Å². The highest BCUT2D eigenvalue weighted by atomic mass is 32.2. The molecule has 0 bridgehead atoms. The summed E-state index contributed by atoms with van der Waals surface area (Å²) in [5.41, 5.74) is 3.23. The van der Waals surface area contributed by atoms with Crippen LogP contribution in [-0.2, 0) is 16.2 Å². The van der Waals surface area contributed by atoms with Crippen molar-refractivity contribution in [3.8, 4) is 0 Å². The zero-order chi connectivity index (χ0) is 16.2. The number of nitrogens with zero attached hydrogens (tertiary/aromatic N) is 4. The van der Waals surface area contributed by atoms with Crippen molar-refractivity contribution in [2.75, 3.05) is 6.61 Å². The van der Waals surface area contributed by atoms with Crippen LogP contribution in [0, 0.1) is 6.92 Å². The topological polar surface area (TPSA) is 65.5 Å². The standard InChI is InChI=1S/C16H20N4O2S/c1-4-21-12(3)15-18-14(22-19-15)10-23-9-13-8-20-7-5-6-11(2)16(20)17-13/h5-8,12H,4,9-10H2,1-3H3/t12-/m0/s1. The predicted octanol–water partition coefficient (Wildman–Crippen LogP) is 3.56. The summed E-state index contributed by atoms with van der Waals surface area (Å²) in [6.45, 7) is 6.57. The van der Waals surface area contributed by atoms with E-state index in [-0.39, 0.29) is 6.10 Å². The van der Waals surface area contributed by atoms with Gasteiger partial charge in [-0.1, -0.05) is 11.2 Å². The molecule has 0 aliphatic carbocycles. The lowest BCUT2D eigenvalue weighted by Crippen LogP contribution is -2.01. The third-order valence-corrected chi connectivity index (χ3v) is 4.42. The third kappa shape index (κ3) is 3.73. The molecule has 0 fully saturated rings. The predicted molar refractivity (Wildman–Crippen MR) is 89.3 cm³/mol. The number of aromatic nitrogens is 4. The lowest BCUT2D eigenvalue weighted by atomic mass is 10.3. The second kappa shape index (κ2) is 7.14. The molecule has 0 aromatic carbocycles. The van der Waals surface area contributed by atoms with Gasteiger partial charge in [-0.05, 0) is 32.4 Å². The molecule has 7 heteroatoms. The van der Waals surface area contributed by atoms with Crippen molar-refractivity contribution in [1.29, 1.82) is 0 Å². The van der Waals surface area contributed by atoms with Crippen LogP contribution in [0.3, 0.4) is 0 Å². The molecule has 23 heavy (non-hydrogen) atoms. The first-order chi connectivity index (χ1) is 11.2. The van der Waals surface area contributed by atoms with Crippen LogP contribution in [0.5, 0.6) is 0 Å². The van der Waals surface area contributed by atoms with Crippen LogP contribution in [0.25, 0.3) is 5.65 Å². The SMILES string of the molecule is CCO[C@@H](C)c1noc(CSCc2cn3cccc(C)c3n2)n1. The van der Waals surface area contributed by atoms with E-state index in [4.69, 9.17) is 9.26 Å². The van der Waals surface area contributed by atoms with Crippen molar-refractivity contribution in [2.24, 2.45) is 0 Å². The number of hydrogen-bond donors (Lipinski definition) is 0. The molecule has 0 spiro atoms. The fourth-order valence-corrected chi connectivity index (χ4v) is 3.08. The summed E-state index contributed by atoms with van der Waals surface area (Å²) in [4.78, 5) is 9.02. The Morgan fingerprint density at radius 3 is 3.00 bits per heavy atom. The Kier molecular flexibility index (Phi) is 4.97. The van der Waals surface area contributed by atoms with Crippen LogP contribution in [-0.4, -0.2) is 26.1 Å². The maximum atomic E-state index is 5.46. The van der Waals surface area contributed by atoms with Gasteiger partial charge in [-0.3, -0.25) is 0 Å². The average molecular weight is 332 g/mol. The van der Waals surface area contributed by atoms with Gasteiger partial charge in [0.2, 0.25) is 5.89 Å². The van der Waals surface area contributed by atoms with Gasteiger partial charge in [-0.2, -0.15) is 4.98 Å². The largest absolute Gasteiger partial charge is 0.371 e. The Balaban J connectivity index is 1.57. The van der Waals surface area contributed by atoms with Gasteiger partial charge >= 0.3 is 0 Å². The molecule has 0 aliphatic rings. The van der Waals surface area contributed by atoms with Gasteiger partial charge < -0.3 is 13.7 Å². The van der Waals surface area contributed by atoms with Gasteiger partial charge in [0, 0.05) is 24.8 Å². The summed E-state index contributed by atoms with van der Waals surface area (Å²) in [5, 5.41) is 3.96. The van der Waals surface area contributed by atoms with E-state index in [2.05, 4.69) is 38.7 Å². The highest BCUT2D eigenvalue weighted by Gasteiger charge is 2.13. The second-order valence-electron chi connectivity index (χ2n) is 5.29. The number of fused-ring (bicyclic) bond motifs is 1. The molecule has 3 aromatic heterocycles. The van der Waals surface area contributed by atoms with E-state index in [1.807, 2.05) is 26.1 Å². The van der Waals surface area contributed by atoms with Crippen molar-refractivity contribution in [1.82, 2.24) is 19.5 Å². The molecule has 1 atom stereocenters. The minimum atomic E-state index is -0.135. The average Bonchev–Trinajstić information content (AvgIpc) is 3.15. The van der Waals surface area contributed by atoms with Gasteiger partial charge in [0.15, 0.2) is 5.82 Å². The first-order valence-electron chi connectivity index (χ1n) is 7.62. The molecule has 0 amide bonds. The van der Waals surface area contributed by atoms with Gasteiger partial charge in [0.1, 0.15) is 11.8 Å². The molecule has 3 rings (SSSR count). The maximum Gasteiger partial charge on any atom is 0.236 e. The van der Waals surface area contributed by atoms with Crippen molar-refractivity contribution in [2.45, 2.75) is 38.4 Å². The Morgan fingerprint density at radius 2 is 2.22 bits per heavy atom. The van der Waals surface area contributed by atoms with Crippen LogP contribution >= 0.6 is 11.8 Å². The summed E-state index contributed by atoms with van der Waals surface area (Å²) < 4.78 is 12.8. The molecule has 6 nitrogen and oxygen atoms in total. The van der Waals surface area contributed by atoms with E-state index in [9.17, 15) is 0 Å². The van der Waals surface area contributed by atoms with E-state index < -0.39 is 0 Å². The molecule has 3 aromatic rings. The number of ether oxygens (including phenoxy) is 1. The minimum absolute atomic E-state index is 0.135. The fourth-order valence-electron chi connectivity index (χ4n) is 2.33. The first-order valence-corrected chi connectivity index (χ1v) is 8.78. The van der Waals surface area contributed by atoms with Gasteiger partial charge in [-0.15, -0.1) is 11.8 Å². The Bertz CT molecular complexity index is 783. The van der Waals surface area contributed by atoms with Gasteiger partial charge in [0.05, 0.1) is 11.4 Å². The van der Waals surface area contributed by atoms with Crippen molar-refractivity contribution >= 4 is 17.4 Å². The van der Waals surface area contributed by atoms with Crippen molar-refractivity contribution < 1.29 is 9.26 Å². The highest BCUT2D eigenvalue weighted by molar-refractivity contribution is 7.97.